The predicted octanol–water partition coefficient (Wildman–Crippen LogP) is 4.19. The molecule has 0 aliphatic heterocycles. The maximum absolute atomic E-state index is 11.9. The van der Waals surface area contributed by atoms with Crippen LogP contribution in [0.1, 0.15) is 12.5 Å². The van der Waals surface area contributed by atoms with Gasteiger partial charge in [-0.3, -0.25) is 9.59 Å². The van der Waals surface area contributed by atoms with E-state index in [-0.39, 0.29) is 27.5 Å². The Labute approximate surface area is 149 Å². The highest BCUT2D eigenvalue weighted by Gasteiger charge is 2.06. The topological polar surface area (TPSA) is 84.2 Å². The van der Waals surface area contributed by atoms with Gasteiger partial charge in [-0.1, -0.05) is 35.3 Å². The number of benzene rings is 2. The smallest absolute Gasteiger partial charge is 0.248 e. The third-order valence-corrected chi connectivity index (χ3v) is 3.63. The minimum absolute atomic E-state index is 0.140. The van der Waals surface area contributed by atoms with Gasteiger partial charge in [0.25, 0.3) is 0 Å². The van der Waals surface area contributed by atoms with Gasteiger partial charge in [0.2, 0.25) is 11.8 Å². The Morgan fingerprint density at radius 2 is 1.58 bits per heavy atom. The number of rotatable bonds is 4. The number of hydrogen-bond donors (Lipinski definition) is 3. The number of nitrogens with two attached hydrogens (primary N) is 1. The van der Waals surface area contributed by atoms with Crippen molar-refractivity contribution in [2.45, 2.75) is 6.92 Å². The van der Waals surface area contributed by atoms with E-state index < -0.39 is 0 Å². The molecule has 24 heavy (non-hydrogen) atoms. The third kappa shape index (κ3) is 5.01. The summed E-state index contributed by atoms with van der Waals surface area (Å²) in [7, 11) is 0. The lowest BCUT2D eigenvalue weighted by Gasteiger charge is -2.06. The number of nitrogen functional groups attached to an aromatic ring is 1. The normalized spacial score (nSPS) is 10.6. The van der Waals surface area contributed by atoms with E-state index in [1.165, 1.54) is 25.1 Å². The largest absolute Gasteiger partial charge is 0.396 e. The van der Waals surface area contributed by atoms with Crippen LogP contribution >= 0.6 is 23.2 Å². The van der Waals surface area contributed by atoms with Gasteiger partial charge in [-0.05, 0) is 35.9 Å². The maximum Gasteiger partial charge on any atom is 0.248 e. The molecule has 124 valence electrons. The summed E-state index contributed by atoms with van der Waals surface area (Å²) in [5, 5.41) is 5.87. The van der Waals surface area contributed by atoms with Gasteiger partial charge in [0, 0.05) is 24.4 Å². The molecule has 0 fully saturated rings. The molecule has 0 aliphatic carbocycles. The Balaban J connectivity index is 2.01. The summed E-state index contributed by atoms with van der Waals surface area (Å²) in [6, 6.07) is 10.1. The van der Waals surface area contributed by atoms with Gasteiger partial charge in [-0.25, -0.2) is 0 Å². The molecule has 0 heterocycles. The van der Waals surface area contributed by atoms with E-state index in [0.717, 1.165) is 5.56 Å². The van der Waals surface area contributed by atoms with Crippen molar-refractivity contribution in [1.82, 2.24) is 0 Å². The lowest BCUT2D eigenvalue weighted by atomic mass is 10.2. The van der Waals surface area contributed by atoms with Crippen molar-refractivity contribution in [3.05, 3.63) is 58.1 Å². The van der Waals surface area contributed by atoms with Crippen LogP contribution in [0, 0.1) is 0 Å². The van der Waals surface area contributed by atoms with E-state index in [1.807, 2.05) is 0 Å². The Morgan fingerprint density at radius 1 is 1.00 bits per heavy atom. The lowest BCUT2D eigenvalue weighted by molar-refractivity contribution is -0.114. The number of amides is 2. The zero-order valence-electron chi connectivity index (χ0n) is 12.8. The number of anilines is 3. The monoisotopic (exact) mass is 363 g/mol. The van der Waals surface area contributed by atoms with Crippen molar-refractivity contribution in [2.24, 2.45) is 0 Å². The van der Waals surface area contributed by atoms with Crippen molar-refractivity contribution in [2.75, 3.05) is 16.4 Å². The number of nitrogens with one attached hydrogen (secondary N) is 2. The maximum atomic E-state index is 11.9. The number of carbonyl (C=O) groups is 2. The zero-order chi connectivity index (χ0) is 17.7. The molecule has 0 saturated carbocycles. The van der Waals surface area contributed by atoms with Crippen LogP contribution in [0.25, 0.3) is 6.08 Å². The average Bonchev–Trinajstić information content (AvgIpc) is 2.51. The number of halogens is 2. The summed E-state index contributed by atoms with van der Waals surface area (Å²) in [5.41, 5.74) is 7.87. The minimum Gasteiger partial charge on any atom is -0.396 e. The molecule has 0 bridgehead atoms. The lowest BCUT2D eigenvalue weighted by Crippen LogP contribution is -2.08. The van der Waals surface area contributed by atoms with Crippen molar-refractivity contribution in [3.8, 4) is 0 Å². The molecule has 0 aliphatic rings. The fourth-order valence-electron chi connectivity index (χ4n) is 1.89. The molecule has 0 saturated heterocycles. The first kappa shape index (κ1) is 17.8. The van der Waals surface area contributed by atoms with E-state index in [0.29, 0.717) is 11.4 Å². The molecular formula is C17H15Cl2N3O2. The Hall–Kier alpha value is -2.50. The van der Waals surface area contributed by atoms with Gasteiger partial charge >= 0.3 is 0 Å². The van der Waals surface area contributed by atoms with Gasteiger partial charge in [0.05, 0.1) is 15.7 Å². The highest BCUT2D eigenvalue weighted by atomic mass is 35.5. The second-order valence-corrected chi connectivity index (χ2v) is 5.79. The quantitative estimate of drug-likeness (QED) is 0.562. The molecule has 2 amide bonds. The second kappa shape index (κ2) is 7.86. The molecule has 2 aromatic rings. The molecule has 0 aromatic heterocycles. The summed E-state index contributed by atoms with van der Waals surface area (Å²) >= 11 is 11.8. The molecule has 0 spiro atoms. The van der Waals surface area contributed by atoms with Crippen LogP contribution in [0.4, 0.5) is 17.1 Å². The molecule has 2 rings (SSSR count). The van der Waals surface area contributed by atoms with E-state index in [1.54, 1.807) is 30.3 Å². The Morgan fingerprint density at radius 3 is 2.12 bits per heavy atom. The summed E-state index contributed by atoms with van der Waals surface area (Å²) in [6.07, 6.45) is 3.03. The van der Waals surface area contributed by atoms with Crippen LogP contribution in [0.15, 0.2) is 42.5 Å². The van der Waals surface area contributed by atoms with Crippen LogP contribution in [-0.2, 0) is 9.59 Å². The van der Waals surface area contributed by atoms with Crippen molar-refractivity contribution in [1.29, 1.82) is 0 Å². The van der Waals surface area contributed by atoms with Crippen LogP contribution in [-0.4, -0.2) is 11.8 Å². The van der Waals surface area contributed by atoms with E-state index in [9.17, 15) is 9.59 Å². The SMILES string of the molecule is CC(=O)Nc1ccc(/C=C/C(=O)Nc2cc(Cl)c(N)c(Cl)c2)cc1. The van der Waals surface area contributed by atoms with Crippen molar-refractivity contribution in [3.63, 3.8) is 0 Å². The summed E-state index contributed by atoms with van der Waals surface area (Å²) in [6.45, 7) is 1.44. The van der Waals surface area contributed by atoms with Crippen molar-refractivity contribution < 1.29 is 9.59 Å². The van der Waals surface area contributed by atoms with Gasteiger partial charge in [-0.15, -0.1) is 0 Å². The van der Waals surface area contributed by atoms with Gasteiger partial charge in [0.15, 0.2) is 0 Å². The standard InChI is InChI=1S/C17H15Cl2N3O2/c1-10(23)21-12-5-2-11(3-6-12)4-7-16(24)22-13-8-14(18)17(20)15(19)9-13/h2-9H,20H2,1H3,(H,21,23)(H,22,24)/b7-4+. The molecule has 0 radical (unpaired) electrons. The van der Waals surface area contributed by atoms with Gasteiger partial charge in [0.1, 0.15) is 0 Å². The fraction of sp³-hybridized carbons (Fsp3) is 0.0588. The van der Waals surface area contributed by atoms with Crippen LogP contribution in [0.2, 0.25) is 10.0 Å². The third-order valence-electron chi connectivity index (χ3n) is 3.00. The molecule has 0 unspecified atom stereocenters. The van der Waals surface area contributed by atoms with Gasteiger partial charge < -0.3 is 16.4 Å². The van der Waals surface area contributed by atoms with Crippen LogP contribution in [0.5, 0.6) is 0 Å². The summed E-state index contributed by atoms with van der Waals surface area (Å²) < 4.78 is 0. The number of carbonyl (C=O) groups excluding carboxylic acids is 2. The number of hydrogen-bond acceptors (Lipinski definition) is 3. The van der Waals surface area contributed by atoms with E-state index >= 15 is 0 Å². The second-order valence-electron chi connectivity index (χ2n) is 4.98. The highest BCUT2D eigenvalue weighted by Crippen LogP contribution is 2.31. The van der Waals surface area contributed by atoms with Crippen LogP contribution in [0.3, 0.4) is 0 Å². The average molecular weight is 364 g/mol. The predicted molar refractivity (Wildman–Crippen MR) is 99.3 cm³/mol. The Kier molecular flexibility index (Phi) is 5.84. The molecule has 4 N–H and O–H groups in total. The minimum atomic E-state index is -0.335. The van der Waals surface area contributed by atoms with Crippen LogP contribution < -0.4 is 16.4 Å². The Bertz CT molecular complexity index is 779. The van der Waals surface area contributed by atoms with Crippen molar-refractivity contribution >= 4 is 58.2 Å². The molecule has 7 heteroatoms. The zero-order valence-corrected chi connectivity index (χ0v) is 14.3. The first-order valence-corrected chi connectivity index (χ1v) is 7.72. The first-order chi connectivity index (χ1) is 11.3. The molecular weight excluding hydrogens is 349 g/mol. The van der Waals surface area contributed by atoms with E-state index in [4.69, 9.17) is 28.9 Å². The molecule has 5 nitrogen and oxygen atoms in total. The summed E-state index contributed by atoms with van der Waals surface area (Å²) in [4.78, 5) is 22.9. The van der Waals surface area contributed by atoms with Gasteiger partial charge in [-0.2, -0.15) is 0 Å². The first-order valence-electron chi connectivity index (χ1n) is 6.96. The summed E-state index contributed by atoms with van der Waals surface area (Å²) in [5.74, 6) is -0.476. The molecule has 0 atom stereocenters. The highest BCUT2D eigenvalue weighted by molar-refractivity contribution is 6.39. The molecule has 2 aromatic carbocycles. The fourth-order valence-corrected chi connectivity index (χ4v) is 2.38. The van der Waals surface area contributed by atoms with E-state index in [2.05, 4.69) is 10.6 Å².